The van der Waals surface area contributed by atoms with Gasteiger partial charge in [-0.15, -0.1) is 0 Å². The van der Waals surface area contributed by atoms with Crippen LogP contribution in [0.4, 0.5) is 0 Å². The number of likely N-dealkylation sites (N-methyl/N-ethyl adjacent to an activating group) is 1. The molecule has 104 valence electrons. The van der Waals surface area contributed by atoms with E-state index in [1.807, 2.05) is 6.20 Å². The van der Waals surface area contributed by atoms with Crippen LogP contribution in [0, 0.1) is 5.41 Å². The summed E-state index contributed by atoms with van der Waals surface area (Å²) in [5.74, 6) is 0.609. The molecule has 0 spiro atoms. The Morgan fingerprint density at radius 2 is 2.11 bits per heavy atom. The van der Waals surface area contributed by atoms with Crippen molar-refractivity contribution in [1.29, 1.82) is 0 Å². The molecule has 1 saturated carbocycles. The second kappa shape index (κ2) is 5.24. The van der Waals surface area contributed by atoms with Crippen LogP contribution in [0.5, 0.6) is 0 Å². The molecule has 2 aliphatic rings. The maximum Gasteiger partial charge on any atom is 0.0482 e. The zero-order valence-electron chi connectivity index (χ0n) is 12.3. The van der Waals surface area contributed by atoms with Crippen LogP contribution in [-0.2, 0) is 6.42 Å². The Morgan fingerprint density at radius 3 is 2.84 bits per heavy atom. The lowest BCUT2D eigenvalue weighted by Gasteiger charge is -2.41. The molecule has 1 fully saturated rings. The lowest BCUT2D eigenvalue weighted by Crippen LogP contribution is -2.46. The van der Waals surface area contributed by atoms with Crippen LogP contribution < -0.4 is 5.32 Å². The fourth-order valence-electron chi connectivity index (χ4n) is 4.50. The van der Waals surface area contributed by atoms with Gasteiger partial charge in [-0.05, 0) is 56.2 Å². The molecule has 0 saturated heterocycles. The normalized spacial score (nSPS) is 26.9. The topological polar surface area (TPSA) is 24.9 Å². The smallest absolute Gasteiger partial charge is 0.0482 e. The van der Waals surface area contributed by atoms with Gasteiger partial charge in [0.15, 0.2) is 0 Å². The highest BCUT2D eigenvalue weighted by molar-refractivity contribution is 5.28. The molecule has 2 heteroatoms. The third-order valence-corrected chi connectivity index (χ3v) is 5.45. The van der Waals surface area contributed by atoms with Crippen molar-refractivity contribution < 1.29 is 0 Å². The largest absolute Gasteiger partial charge is 0.316 e. The first-order chi connectivity index (χ1) is 9.24. The summed E-state index contributed by atoms with van der Waals surface area (Å²) in [5, 5.41) is 3.66. The third kappa shape index (κ3) is 2.31. The van der Waals surface area contributed by atoms with Gasteiger partial charge in [-0.3, -0.25) is 4.98 Å². The predicted molar refractivity (Wildman–Crippen MR) is 79.3 cm³/mol. The SMILES string of the molecule is CNC(C1CCCc2cccnc21)C1(C)CCCC1. The van der Waals surface area contributed by atoms with Crippen LogP contribution in [0.2, 0.25) is 0 Å². The summed E-state index contributed by atoms with van der Waals surface area (Å²) >= 11 is 0. The molecule has 0 bridgehead atoms. The Bertz CT molecular complexity index is 435. The summed E-state index contributed by atoms with van der Waals surface area (Å²) in [4.78, 5) is 4.73. The lowest BCUT2D eigenvalue weighted by atomic mass is 9.69. The Balaban J connectivity index is 1.92. The standard InChI is InChI=1S/C17H26N2/c1-17(10-3-4-11-17)16(18-2)14-9-5-7-13-8-6-12-19-15(13)14/h6,8,12,14,16,18H,3-5,7,9-11H2,1-2H3. The van der Waals surface area contributed by atoms with E-state index in [1.165, 1.54) is 56.2 Å². The molecule has 2 nitrogen and oxygen atoms in total. The maximum absolute atomic E-state index is 4.73. The van der Waals surface area contributed by atoms with Crippen LogP contribution in [0.3, 0.4) is 0 Å². The number of pyridine rings is 1. The van der Waals surface area contributed by atoms with E-state index in [0.29, 0.717) is 17.4 Å². The fourth-order valence-corrected chi connectivity index (χ4v) is 4.50. The average Bonchev–Trinajstić information content (AvgIpc) is 2.87. The zero-order valence-corrected chi connectivity index (χ0v) is 12.3. The highest BCUT2D eigenvalue weighted by atomic mass is 14.9. The summed E-state index contributed by atoms with van der Waals surface area (Å²) in [6.07, 6.45) is 11.3. The number of fused-ring (bicyclic) bond motifs is 1. The minimum atomic E-state index is 0.464. The van der Waals surface area contributed by atoms with Crippen LogP contribution in [0.15, 0.2) is 18.3 Å². The van der Waals surface area contributed by atoms with E-state index in [1.54, 1.807) is 0 Å². The van der Waals surface area contributed by atoms with E-state index in [9.17, 15) is 0 Å². The fraction of sp³-hybridized carbons (Fsp3) is 0.706. The molecule has 3 rings (SSSR count). The van der Waals surface area contributed by atoms with Gasteiger partial charge >= 0.3 is 0 Å². The highest BCUT2D eigenvalue weighted by Crippen LogP contribution is 2.47. The van der Waals surface area contributed by atoms with Crippen LogP contribution in [0.1, 0.15) is 62.6 Å². The summed E-state index contributed by atoms with van der Waals surface area (Å²) in [6.45, 7) is 2.48. The number of nitrogens with zero attached hydrogens (tertiary/aromatic N) is 1. The van der Waals surface area contributed by atoms with E-state index in [0.717, 1.165) is 0 Å². The van der Waals surface area contributed by atoms with E-state index >= 15 is 0 Å². The number of hydrogen-bond acceptors (Lipinski definition) is 2. The molecule has 1 aromatic rings. The van der Waals surface area contributed by atoms with Gasteiger partial charge in [0, 0.05) is 23.9 Å². The highest BCUT2D eigenvalue weighted by Gasteiger charge is 2.42. The summed E-state index contributed by atoms with van der Waals surface area (Å²) in [5.41, 5.74) is 3.33. The molecule has 1 aromatic heterocycles. The number of hydrogen-bond donors (Lipinski definition) is 1. The Labute approximate surface area is 117 Å². The van der Waals surface area contributed by atoms with Gasteiger partial charge < -0.3 is 5.32 Å². The second-order valence-corrected chi connectivity index (χ2v) is 6.67. The molecule has 19 heavy (non-hydrogen) atoms. The van der Waals surface area contributed by atoms with Crippen LogP contribution in [-0.4, -0.2) is 18.1 Å². The number of aryl methyl sites for hydroxylation is 1. The van der Waals surface area contributed by atoms with Crippen molar-refractivity contribution in [3.8, 4) is 0 Å². The van der Waals surface area contributed by atoms with Crippen LogP contribution in [0.25, 0.3) is 0 Å². The molecule has 2 aliphatic carbocycles. The molecule has 0 amide bonds. The van der Waals surface area contributed by atoms with Gasteiger partial charge in [0.1, 0.15) is 0 Å². The first-order valence-electron chi connectivity index (χ1n) is 7.86. The quantitative estimate of drug-likeness (QED) is 0.895. The van der Waals surface area contributed by atoms with E-state index < -0.39 is 0 Å². The van der Waals surface area contributed by atoms with Gasteiger partial charge in [0.25, 0.3) is 0 Å². The molecule has 1 heterocycles. The first-order valence-corrected chi connectivity index (χ1v) is 7.86. The number of rotatable bonds is 3. The van der Waals surface area contributed by atoms with Crippen molar-refractivity contribution in [2.45, 2.75) is 63.8 Å². The van der Waals surface area contributed by atoms with Gasteiger partial charge in [0.2, 0.25) is 0 Å². The van der Waals surface area contributed by atoms with Gasteiger partial charge in [0.05, 0.1) is 0 Å². The molecular formula is C17H26N2. The molecular weight excluding hydrogens is 232 g/mol. The molecule has 1 N–H and O–H groups in total. The Kier molecular flexibility index (Phi) is 3.62. The predicted octanol–water partition coefficient (Wildman–Crippen LogP) is 3.67. The number of aromatic nitrogens is 1. The summed E-state index contributed by atoms with van der Waals surface area (Å²) < 4.78 is 0. The lowest BCUT2D eigenvalue weighted by molar-refractivity contribution is 0.188. The molecule has 0 radical (unpaired) electrons. The number of nitrogens with one attached hydrogen (secondary N) is 1. The summed E-state index contributed by atoms with van der Waals surface area (Å²) in [6, 6.07) is 4.95. The van der Waals surface area contributed by atoms with Crippen molar-refractivity contribution in [2.75, 3.05) is 7.05 Å². The van der Waals surface area contributed by atoms with E-state index in [2.05, 4.69) is 31.4 Å². The first kappa shape index (κ1) is 13.1. The van der Waals surface area contributed by atoms with Crippen molar-refractivity contribution in [3.63, 3.8) is 0 Å². The van der Waals surface area contributed by atoms with Gasteiger partial charge in [-0.25, -0.2) is 0 Å². The molecule has 2 atom stereocenters. The monoisotopic (exact) mass is 258 g/mol. The molecule has 0 aromatic carbocycles. The average molecular weight is 258 g/mol. The maximum atomic E-state index is 4.73. The van der Waals surface area contributed by atoms with Gasteiger partial charge in [-0.2, -0.15) is 0 Å². The second-order valence-electron chi connectivity index (χ2n) is 6.67. The van der Waals surface area contributed by atoms with Gasteiger partial charge in [-0.1, -0.05) is 25.8 Å². The minimum absolute atomic E-state index is 0.464. The third-order valence-electron chi connectivity index (χ3n) is 5.45. The van der Waals surface area contributed by atoms with Crippen molar-refractivity contribution in [3.05, 3.63) is 29.6 Å². The molecule has 0 aliphatic heterocycles. The van der Waals surface area contributed by atoms with E-state index in [4.69, 9.17) is 4.98 Å². The van der Waals surface area contributed by atoms with Crippen molar-refractivity contribution in [2.24, 2.45) is 5.41 Å². The zero-order chi connectivity index (χ0) is 13.3. The Morgan fingerprint density at radius 1 is 1.32 bits per heavy atom. The summed E-state index contributed by atoms with van der Waals surface area (Å²) in [7, 11) is 2.14. The minimum Gasteiger partial charge on any atom is -0.316 e. The molecule has 2 unspecified atom stereocenters. The van der Waals surface area contributed by atoms with E-state index in [-0.39, 0.29) is 0 Å². The van der Waals surface area contributed by atoms with Crippen molar-refractivity contribution >= 4 is 0 Å². The van der Waals surface area contributed by atoms with Crippen LogP contribution >= 0.6 is 0 Å². The Hall–Kier alpha value is -0.890. The van der Waals surface area contributed by atoms with Crippen molar-refractivity contribution in [1.82, 2.24) is 10.3 Å².